The molecule has 4 heteroatoms. The van der Waals surface area contributed by atoms with E-state index in [1.54, 1.807) is 0 Å². The van der Waals surface area contributed by atoms with Gasteiger partial charge < -0.3 is 4.98 Å². The third kappa shape index (κ3) is 2.10. The first-order valence-electron chi connectivity index (χ1n) is 6.11. The van der Waals surface area contributed by atoms with Gasteiger partial charge >= 0.3 is 0 Å². The quantitative estimate of drug-likeness (QED) is 0.737. The van der Waals surface area contributed by atoms with E-state index < -0.39 is 11.6 Å². The second-order valence-electron chi connectivity index (χ2n) is 4.41. The summed E-state index contributed by atoms with van der Waals surface area (Å²) in [7, 11) is 0. The van der Waals surface area contributed by atoms with Crippen LogP contribution in [0.5, 0.6) is 0 Å². The molecule has 1 N–H and O–H groups in total. The number of hydrogen-bond acceptors (Lipinski definition) is 1. The number of fused-ring (bicyclic) bond motifs is 1. The van der Waals surface area contributed by atoms with Crippen molar-refractivity contribution >= 4 is 11.0 Å². The summed E-state index contributed by atoms with van der Waals surface area (Å²) in [4.78, 5) is 7.40. The van der Waals surface area contributed by atoms with E-state index in [9.17, 15) is 8.78 Å². The summed E-state index contributed by atoms with van der Waals surface area (Å²) in [6.07, 6.45) is 0.926. The van der Waals surface area contributed by atoms with Gasteiger partial charge in [-0.15, -0.1) is 0 Å². The minimum Gasteiger partial charge on any atom is -0.338 e. The molecule has 19 heavy (non-hydrogen) atoms. The van der Waals surface area contributed by atoms with Crippen LogP contribution >= 0.6 is 0 Å². The summed E-state index contributed by atoms with van der Waals surface area (Å²) >= 11 is 0. The number of H-pyrrole nitrogens is 1. The number of halogens is 2. The van der Waals surface area contributed by atoms with Crippen molar-refractivity contribution < 1.29 is 8.78 Å². The molecule has 2 aromatic carbocycles. The van der Waals surface area contributed by atoms with Crippen molar-refractivity contribution in [2.45, 2.75) is 13.3 Å². The van der Waals surface area contributed by atoms with Crippen LogP contribution in [-0.2, 0) is 6.42 Å². The van der Waals surface area contributed by atoms with Crippen molar-refractivity contribution in [1.29, 1.82) is 0 Å². The fourth-order valence-electron chi connectivity index (χ4n) is 2.09. The number of nitrogens with one attached hydrogen (secondary N) is 1. The topological polar surface area (TPSA) is 28.7 Å². The van der Waals surface area contributed by atoms with Gasteiger partial charge in [-0.3, -0.25) is 0 Å². The summed E-state index contributed by atoms with van der Waals surface area (Å²) in [6, 6.07) is 9.36. The van der Waals surface area contributed by atoms with Crippen LogP contribution in [0.1, 0.15) is 12.5 Å². The van der Waals surface area contributed by atoms with Crippen LogP contribution in [0.4, 0.5) is 8.78 Å². The second-order valence-corrected chi connectivity index (χ2v) is 4.41. The van der Waals surface area contributed by atoms with E-state index in [0.717, 1.165) is 23.5 Å². The Kier molecular flexibility index (Phi) is 2.78. The summed E-state index contributed by atoms with van der Waals surface area (Å²) in [6.45, 7) is 2.07. The normalized spacial score (nSPS) is 11.1. The average molecular weight is 258 g/mol. The van der Waals surface area contributed by atoms with Crippen LogP contribution in [0.2, 0.25) is 0 Å². The predicted octanol–water partition coefficient (Wildman–Crippen LogP) is 4.07. The number of imidazole rings is 1. The Bertz CT molecular complexity index is 747. The first-order valence-corrected chi connectivity index (χ1v) is 6.11. The van der Waals surface area contributed by atoms with E-state index >= 15 is 0 Å². The maximum Gasteiger partial charge on any atom is 0.141 e. The molecule has 0 bridgehead atoms. The van der Waals surface area contributed by atoms with E-state index in [4.69, 9.17) is 0 Å². The molecule has 0 aliphatic heterocycles. The highest BCUT2D eigenvalue weighted by molar-refractivity contribution is 5.80. The molecular formula is C15H12F2N2. The lowest BCUT2D eigenvalue weighted by Gasteiger charge is -1.98. The van der Waals surface area contributed by atoms with Gasteiger partial charge in [-0.2, -0.15) is 0 Å². The van der Waals surface area contributed by atoms with Gasteiger partial charge in [0, 0.05) is 6.07 Å². The van der Waals surface area contributed by atoms with Gasteiger partial charge in [0.1, 0.15) is 17.5 Å². The summed E-state index contributed by atoms with van der Waals surface area (Å²) < 4.78 is 26.6. The maximum atomic E-state index is 13.7. The lowest BCUT2D eigenvalue weighted by molar-refractivity contribution is 0.585. The fraction of sp³-hybridized carbons (Fsp3) is 0.133. The number of benzene rings is 2. The number of hydrogen-bond donors (Lipinski definition) is 1. The van der Waals surface area contributed by atoms with Crippen molar-refractivity contribution in [2.75, 3.05) is 0 Å². The van der Waals surface area contributed by atoms with Gasteiger partial charge in [-0.05, 0) is 36.2 Å². The molecule has 3 aromatic rings. The van der Waals surface area contributed by atoms with Crippen LogP contribution < -0.4 is 0 Å². The summed E-state index contributed by atoms with van der Waals surface area (Å²) in [5.74, 6) is -0.791. The zero-order valence-corrected chi connectivity index (χ0v) is 10.4. The number of rotatable bonds is 2. The molecule has 1 aromatic heterocycles. The highest BCUT2D eigenvalue weighted by Gasteiger charge is 2.11. The molecule has 2 nitrogen and oxygen atoms in total. The molecule has 0 saturated carbocycles. The van der Waals surface area contributed by atoms with Gasteiger partial charge in [-0.25, -0.2) is 13.8 Å². The number of aromatic amines is 1. The number of aryl methyl sites for hydroxylation is 1. The van der Waals surface area contributed by atoms with Crippen LogP contribution in [0.25, 0.3) is 22.4 Å². The van der Waals surface area contributed by atoms with Crippen molar-refractivity contribution in [3.05, 3.63) is 53.6 Å². The molecule has 0 spiro atoms. The molecule has 0 amide bonds. The van der Waals surface area contributed by atoms with E-state index in [-0.39, 0.29) is 5.56 Å². The zero-order valence-electron chi connectivity index (χ0n) is 10.4. The molecule has 0 fully saturated rings. The molecule has 0 aliphatic rings. The number of aromatic nitrogens is 2. The Morgan fingerprint density at radius 3 is 2.68 bits per heavy atom. The Labute approximate surface area is 109 Å². The fourth-order valence-corrected chi connectivity index (χ4v) is 2.09. The molecular weight excluding hydrogens is 246 g/mol. The largest absolute Gasteiger partial charge is 0.338 e. The van der Waals surface area contributed by atoms with Crippen LogP contribution in [0.3, 0.4) is 0 Å². The highest BCUT2D eigenvalue weighted by Crippen LogP contribution is 2.24. The monoisotopic (exact) mass is 258 g/mol. The van der Waals surface area contributed by atoms with Gasteiger partial charge in [0.2, 0.25) is 0 Å². The molecule has 0 atom stereocenters. The molecule has 0 radical (unpaired) electrons. The van der Waals surface area contributed by atoms with E-state index in [1.165, 1.54) is 17.7 Å². The SMILES string of the molecule is CCc1ccc2nc(-c3ccc(F)cc3F)[nH]c2c1. The first-order chi connectivity index (χ1) is 9.17. The van der Waals surface area contributed by atoms with E-state index in [1.807, 2.05) is 18.2 Å². The Balaban J connectivity index is 2.14. The van der Waals surface area contributed by atoms with Gasteiger partial charge in [0.05, 0.1) is 16.6 Å². The Hall–Kier alpha value is -2.23. The third-order valence-corrected chi connectivity index (χ3v) is 3.14. The summed E-state index contributed by atoms with van der Waals surface area (Å²) in [5, 5.41) is 0. The van der Waals surface area contributed by atoms with Crippen molar-refractivity contribution in [3.8, 4) is 11.4 Å². The van der Waals surface area contributed by atoms with Gasteiger partial charge in [-0.1, -0.05) is 13.0 Å². The summed E-state index contributed by atoms with van der Waals surface area (Å²) in [5.41, 5.74) is 3.09. The van der Waals surface area contributed by atoms with Crippen molar-refractivity contribution in [3.63, 3.8) is 0 Å². The van der Waals surface area contributed by atoms with Crippen molar-refractivity contribution in [2.24, 2.45) is 0 Å². The van der Waals surface area contributed by atoms with Crippen molar-refractivity contribution in [1.82, 2.24) is 9.97 Å². The minimum absolute atomic E-state index is 0.274. The lowest BCUT2D eigenvalue weighted by Crippen LogP contribution is -1.87. The number of nitrogens with zero attached hydrogens (tertiary/aromatic N) is 1. The van der Waals surface area contributed by atoms with E-state index in [0.29, 0.717) is 5.82 Å². The third-order valence-electron chi connectivity index (χ3n) is 3.14. The molecule has 3 rings (SSSR count). The Morgan fingerprint density at radius 1 is 1.11 bits per heavy atom. The van der Waals surface area contributed by atoms with E-state index in [2.05, 4.69) is 16.9 Å². The molecule has 0 saturated heterocycles. The van der Waals surface area contributed by atoms with Crippen LogP contribution in [0.15, 0.2) is 36.4 Å². The average Bonchev–Trinajstić information content (AvgIpc) is 2.80. The standard InChI is InChI=1S/C15H12F2N2/c1-2-9-3-6-13-14(7-9)19-15(18-13)11-5-4-10(16)8-12(11)17/h3-8H,2H2,1H3,(H,18,19). The molecule has 0 aliphatic carbocycles. The Morgan fingerprint density at radius 2 is 1.95 bits per heavy atom. The highest BCUT2D eigenvalue weighted by atomic mass is 19.1. The van der Waals surface area contributed by atoms with Gasteiger partial charge in [0.15, 0.2) is 0 Å². The maximum absolute atomic E-state index is 13.7. The molecule has 96 valence electrons. The van der Waals surface area contributed by atoms with Crippen LogP contribution in [-0.4, -0.2) is 9.97 Å². The smallest absolute Gasteiger partial charge is 0.141 e. The molecule has 1 heterocycles. The second kappa shape index (κ2) is 4.46. The predicted molar refractivity (Wildman–Crippen MR) is 70.8 cm³/mol. The minimum atomic E-state index is -0.616. The molecule has 0 unspecified atom stereocenters. The first kappa shape index (κ1) is 11.8. The lowest BCUT2D eigenvalue weighted by atomic mass is 10.1. The zero-order chi connectivity index (χ0) is 13.4. The van der Waals surface area contributed by atoms with Crippen LogP contribution in [0, 0.1) is 11.6 Å². The van der Waals surface area contributed by atoms with Gasteiger partial charge in [0.25, 0.3) is 0 Å².